The summed E-state index contributed by atoms with van der Waals surface area (Å²) in [5.74, 6) is 2.20. The van der Waals surface area contributed by atoms with Gasteiger partial charge in [0, 0.05) is 18.9 Å². The van der Waals surface area contributed by atoms with Crippen molar-refractivity contribution in [2.75, 3.05) is 6.54 Å². The molecule has 0 radical (unpaired) electrons. The van der Waals surface area contributed by atoms with Gasteiger partial charge in [0.25, 0.3) is 0 Å². The van der Waals surface area contributed by atoms with Gasteiger partial charge < -0.3 is 9.84 Å². The molecule has 1 unspecified atom stereocenters. The molecule has 84 valence electrons. The lowest BCUT2D eigenvalue weighted by atomic mass is 10.1. The van der Waals surface area contributed by atoms with Crippen LogP contribution in [0.25, 0.3) is 0 Å². The van der Waals surface area contributed by atoms with Crippen LogP contribution in [0.5, 0.6) is 0 Å². The summed E-state index contributed by atoms with van der Waals surface area (Å²) < 4.78 is 5.20. The Morgan fingerprint density at radius 3 is 3.07 bits per heavy atom. The second kappa shape index (κ2) is 4.75. The minimum absolute atomic E-state index is 0.550. The fraction of sp³-hybridized carbons (Fsp3) is 0.818. The molecule has 0 aliphatic carbocycles. The molecule has 2 rings (SSSR count). The molecule has 4 nitrogen and oxygen atoms in total. The molecule has 1 N–H and O–H groups in total. The first-order chi connectivity index (χ1) is 7.24. The van der Waals surface area contributed by atoms with Gasteiger partial charge in [-0.25, -0.2) is 0 Å². The van der Waals surface area contributed by atoms with Gasteiger partial charge in [0.05, 0.1) is 0 Å². The van der Waals surface area contributed by atoms with E-state index in [2.05, 4.69) is 29.3 Å². The van der Waals surface area contributed by atoms with Crippen molar-refractivity contribution >= 4 is 0 Å². The largest absolute Gasteiger partial charge is 0.339 e. The van der Waals surface area contributed by atoms with Crippen molar-refractivity contribution in [1.82, 2.24) is 15.5 Å². The van der Waals surface area contributed by atoms with Crippen molar-refractivity contribution in [2.45, 2.75) is 45.6 Å². The van der Waals surface area contributed by atoms with Crippen molar-refractivity contribution in [1.29, 1.82) is 0 Å². The highest BCUT2D eigenvalue weighted by Crippen LogP contribution is 2.11. The molecule has 0 spiro atoms. The van der Waals surface area contributed by atoms with Gasteiger partial charge >= 0.3 is 0 Å². The predicted octanol–water partition coefficient (Wildman–Crippen LogP) is 1.56. The molecule has 1 saturated heterocycles. The second-order valence-corrected chi connectivity index (χ2v) is 4.70. The molecule has 0 amide bonds. The number of nitrogens with zero attached hydrogens (tertiary/aromatic N) is 2. The summed E-state index contributed by atoms with van der Waals surface area (Å²) in [6.07, 6.45) is 4.28. The fourth-order valence-corrected chi connectivity index (χ4v) is 1.96. The molecule has 1 aromatic rings. The van der Waals surface area contributed by atoms with Gasteiger partial charge in [-0.05, 0) is 25.3 Å². The summed E-state index contributed by atoms with van der Waals surface area (Å²) in [6.45, 7) is 5.44. The van der Waals surface area contributed by atoms with Gasteiger partial charge in [-0.3, -0.25) is 0 Å². The van der Waals surface area contributed by atoms with E-state index < -0.39 is 0 Å². The average Bonchev–Trinajstić information content (AvgIpc) is 2.77. The highest BCUT2D eigenvalue weighted by molar-refractivity contribution is 4.92. The Morgan fingerprint density at radius 1 is 1.53 bits per heavy atom. The molecule has 0 bridgehead atoms. The summed E-state index contributed by atoms with van der Waals surface area (Å²) in [5.41, 5.74) is 0. The van der Waals surface area contributed by atoms with Crippen LogP contribution in [-0.4, -0.2) is 22.7 Å². The van der Waals surface area contributed by atoms with Gasteiger partial charge in [0.2, 0.25) is 5.89 Å². The van der Waals surface area contributed by atoms with Crippen LogP contribution >= 0.6 is 0 Å². The molecule has 1 atom stereocenters. The van der Waals surface area contributed by atoms with Crippen LogP contribution in [-0.2, 0) is 12.8 Å². The average molecular weight is 209 g/mol. The number of hydrogen-bond donors (Lipinski definition) is 1. The number of nitrogens with one attached hydrogen (secondary N) is 1. The van der Waals surface area contributed by atoms with Gasteiger partial charge in [0.15, 0.2) is 5.82 Å². The van der Waals surface area contributed by atoms with Crippen LogP contribution in [0.4, 0.5) is 0 Å². The van der Waals surface area contributed by atoms with Crippen LogP contribution in [0.1, 0.15) is 38.4 Å². The zero-order valence-electron chi connectivity index (χ0n) is 9.49. The summed E-state index contributed by atoms with van der Waals surface area (Å²) in [7, 11) is 0. The van der Waals surface area contributed by atoms with E-state index in [-0.39, 0.29) is 0 Å². The Morgan fingerprint density at radius 2 is 2.40 bits per heavy atom. The number of aromatic nitrogens is 2. The summed E-state index contributed by atoms with van der Waals surface area (Å²) in [5, 5.41) is 7.44. The lowest BCUT2D eigenvalue weighted by Crippen LogP contribution is -2.24. The molecular formula is C11H19N3O. The normalized spacial score (nSPS) is 21.4. The maximum atomic E-state index is 5.20. The minimum atomic E-state index is 0.550. The molecule has 0 aromatic carbocycles. The maximum absolute atomic E-state index is 5.20. The minimum Gasteiger partial charge on any atom is -0.339 e. The second-order valence-electron chi connectivity index (χ2n) is 4.70. The molecule has 0 saturated carbocycles. The van der Waals surface area contributed by atoms with Crippen molar-refractivity contribution in [3.63, 3.8) is 0 Å². The zero-order valence-corrected chi connectivity index (χ0v) is 9.49. The summed E-state index contributed by atoms with van der Waals surface area (Å²) in [6, 6.07) is 0.550. The Hall–Kier alpha value is -0.900. The summed E-state index contributed by atoms with van der Waals surface area (Å²) in [4.78, 5) is 4.40. The Bertz CT molecular complexity index is 303. The molecule has 15 heavy (non-hydrogen) atoms. The zero-order chi connectivity index (χ0) is 10.7. The quantitative estimate of drug-likeness (QED) is 0.817. The summed E-state index contributed by atoms with van der Waals surface area (Å²) >= 11 is 0. The van der Waals surface area contributed by atoms with E-state index in [4.69, 9.17) is 4.52 Å². The van der Waals surface area contributed by atoms with Crippen LogP contribution in [0.15, 0.2) is 4.52 Å². The third kappa shape index (κ3) is 3.02. The molecule has 1 aliphatic rings. The van der Waals surface area contributed by atoms with Crippen molar-refractivity contribution in [3.05, 3.63) is 11.7 Å². The van der Waals surface area contributed by atoms with Gasteiger partial charge in [-0.1, -0.05) is 19.0 Å². The lowest BCUT2D eigenvalue weighted by Gasteiger charge is -2.04. The number of rotatable bonds is 4. The molecule has 1 aromatic heterocycles. The highest BCUT2D eigenvalue weighted by Gasteiger charge is 2.17. The van der Waals surface area contributed by atoms with Gasteiger partial charge in [-0.15, -0.1) is 0 Å². The van der Waals surface area contributed by atoms with Gasteiger partial charge in [0.1, 0.15) is 0 Å². The van der Waals surface area contributed by atoms with E-state index >= 15 is 0 Å². The van der Waals surface area contributed by atoms with E-state index in [1.807, 2.05) is 0 Å². The molecule has 2 heterocycles. The number of hydrogen-bond acceptors (Lipinski definition) is 4. The van der Waals surface area contributed by atoms with E-state index in [9.17, 15) is 0 Å². The molecule has 1 aliphatic heterocycles. The first-order valence-corrected chi connectivity index (χ1v) is 5.79. The molecular weight excluding hydrogens is 190 g/mol. The van der Waals surface area contributed by atoms with Gasteiger partial charge in [-0.2, -0.15) is 4.98 Å². The monoisotopic (exact) mass is 209 g/mol. The third-order valence-electron chi connectivity index (χ3n) is 2.68. The fourth-order valence-electron chi connectivity index (χ4n) is 1.96. The van der Waals surface area contributed by atoms with E-state index in [0.717, 1.165) is 31.1 Å². The Labute approximate surface area is 90.4 Å². The van der Waals surface area contributed by atoms with E-state index in [1.165, 1.54) is 12.8 Å². The Balaban J connectivity index is 1.88. The van der Waals surface area contributed by atoms with Crippen LogP contribution in [0.3, 0.4) is 0 Å². The Kier molecular flexibility index (Phi) is 3.36. The van der Waals surface area contributed by atoms with Crippen LogP contribution in [0, 0.1) is 5.92 Å². The van der Waals surface area contributed by atoms with Crippen LogP contribution in [0.2, 0.25) is 0 Å². The van der Waals surface area contributed by atoms with E-state index in [1.54, 1.807) is 0 Å². The smallest absolute Gasteiger partial charge is 0.226 e. The predicted molar refractivity (Wildman–Crippen MR) is 57.6 cm³/mol. The SMILES string of the molecule is CC(C)Cc1nc(CC2CCCN2)no1. The highest BCUT2D eigenvalue weighted by atomic mass is 16.5. The lowest BCUT2D eigenvalue weighted by molar-refractivity contribution is 0.357. The van der Waals surface area contributed by atoms with E-state index in [0.29, 0.717) is 12.0 Å². The topological polar surface area (TPSA) is 51.0 Å². The van der Waals surface area contributed by atoms with Crippen LogP contribution < -0.4 is 5.32 Å². The molecule has 1 fully saturated rings. The first-order valence-electron chi connectivity index (χ1n) is 5.79. The third-order valence-corrected chi connectivity index (χ3v) is 2.68. The maximum Gasteiger partial charge on any atom is 0.226 e. The van der Waals surface area contributed by atoms with Crippen molar-refractivity contribution in [2.24, 2.45) is 5.92 Å². The van der Waals surface area contributed by atoms with Crippen molar-refractivity contribution < 1.29 is 4.52 Å². The molecule has 4 heteroatoms. The first kappa shape index (κ1) is 10.6. The van der Waals surface area contributed by atoms with Crippen molar-refractivity contribution in [3.8, 4) is 0 Å². The standard InChI is InChI=1S/C11H19N3O/c1-8(2)6-11-13-10(14-15-11)7-9-4-3-5-12-9/h8-9,12H,3-7H2,1-2H3.